The van der Waals surface area contributed by atoms with Gasteiger partial charge >= 0.3 is 5.97 Å². The molecular formula is C33H31IN2O7S. The van der Waals surface area contributed by atoms with E-state index in [2.05, 4.69) is 22.6 Å². The molecular weight excluding hydrogens is 695 g/mol. The molecule has 0 spiro atoms. The van der Waals surface area contributed by atoms with Crippen molar-refractivity contribution in [3.8, 4) is 23.0 Å². The summed E-state index contributed by atoms with van der Waals surface area (Å²) in [4.78, 5) is 33.3. The molecule has 3 aromatic carbocycles. The lowest BCUT2D eigenvalue weighted by atomic mass is 9.93. The van der Waals surface area contributed by atoms with Gasteiger partial charge in [0.15, 0.2) is 27.8 Å². The first kappa shape index (κ1) is 31.3. The number of rotatable bonds is 10. The summed E-state index contributed by atoms with van der Waals surface area (Å²) in [5.74, 6) is 1.64. The molecule has 0 radical (unpaired) electrons. The van der Waals surface area contributed by atoms with Gasteiger partial charge in [-0.25, -0.2) is 9.79 Å². The Balaban J connectivity index is 1.81. The van der Waals surface area contributed by atoms with Crippen LogP contribution in [-0.4, -0.2) is 45.1 Å². The molecule has 1 aliphatic rings. The van der Waals surface area contributed by atoms with Crippen LogP contribution in [0.4, 0.5) is 0 Å². The van der Waals surface area contributed by atoms with Gasteiger partial charge in [-0.15, -0.1) is 0 Å². The van der Waals surface area contributed by atoms with Crippen LogP contribution in [0.3, 0.4) is 0 Å². The Morgan fingerprint density at radius 1 is 0.955 bits per heavy atom. The molecule has 1 aromatic heterocycles. The van der Waals surface area contributed by atoms with Crippen molar-refractivity contribution in [2.45, 2.75) is 19.9 Å². The van der Waals surface area contributed by atoms with Crippen LogP contribution < -0.4 is 33.8 Å². The van der Waals surface area contributed by atoms with E-state index in [0.717, 1.165) is 14.7 Å². The van der Waals surface area contributed by atoms with Gasteiger partial charge in [-0.05, 0) is 77.9 Å². The maximum atomic E-state index is 14.3. The number of ether oxygens (including phenoxy) is 5. The molecule has 0 aliphatic carbocycles. The van der Waals surface area contributed by atoms with Gasteiger partial charge in [-0.2, -0.15) is 0 Å². The van der Waals surface area contributed by atoms with E-state index < -0.39 is 12.0 Å². The Hall–Kier alpha value is -4.10. The van der Waals surface area contributed by atoms with E-state index in [1.165, 1.54) is 18.4 Å². The molecule has 5 rings (SSSR count). The number of methoxy groups -OCH3 is 3. The van der Waals surface area contributed by atoms with Crippen LogP contribution in [0.1, 0.15) is 36.6 Å². The van der Waals surface area contributed by atoms with E-state index in [-0.39, 0.29) is 17.7 Å². The number of thiazole rings is 1. The van der Waals surface area contributed by atoms with Crippen molar-refractivity contribution in [1.29, 1.82) is 0 Å². The van der Waals surface area contributed by atoms with Crippen LogP contribution >= 0.6 is 33.9 Å². The number of esters is 1. The largest absolute Gasteiger partial charge is 0.493 e. The van der Waals surface area contributed by atoms with Crippen LogP contribution in [0.25, 0.3) is 11.8 Å². The van der Waals surface area contributed by atoms with Crippen LogP contribution in [0, 0.1) is 3.57 Å². The summed E-state index contributed by atoms with van der Waals surface area (Å²) in [6.45, 7) is 4.31. The number of halogens is 1. The number of benzene rings is 3. The number of carbonyl (C=O) groups is 1. The number of hydrogen-bond donors (Lipinski definition) is 0. The average Bonchev–Trinajstić information content (AvgIpc) is 3.35. The van der Waals surface area contributed by atoms with E-state index in [0.29, 0.717) is 50.2 Å². The standard InChI is InChI=1S/C33H31IN2O7S/c1-6-42-30-22(34)15-19(16-25(30)41-5)17-26-31(37)36-29(21-13-14-23(39-3)24(18-21)40-4)27(32(38)43-7-2)28(35-33(36)44-26)20-11-9-8-10-12-20/h8-18,29H,6-7H2,1-5H3/b26-17-/t29-/m1/s1. The maximum absolute atomic E-state index is 14.3. The summed E-state index contributed by atoms with van der Waals surface area (Å²) in [7, 11) is 4.67. The van der Waals surface area contributed by atoms with Crippen molar-refractivity contribution in [3.63, 3.8) is 0 Å². The summed E-state index contributed by atoms with van der Waals surface area (Å²) in [5.41, 5.74) is 2.51. The van der Waals surface area contributed by atoms with Gasteiger partial charge in [0.1, 0.15) is 0 Å². The lowest BCUT2D eigenvalue weighted by Gasteiger charge is -2.26. The quantitative estimate of drug-likeness (QED) is 0.168. The third-order valence-electron chi connectivity index (χ3n) is 6.94. The molecule has 0 N–H and O–H groups in total. The molecule has 4 aromatic rings. The molecule has 0 fully saturated rings. The Morgan fingerprint density at radius 3 is 2.34 bits per heavy atom. The molecule has 9 nitrogen and oxygen atoms in total. The summed E-state index contributed by atoms with van der Waals surface area (Å²) in [6.07, 6.45) is 1.80. The molecule has 0 bridgehead atoms. The summed E-state index contributed by atoms with van der Waals surface area (Å²) >= 11 is 3.44. The third kappa shape index (κ3) is 5.98. The van der Waals surface area contributed by atoms with Gasteiger partial charge in [0.05, 0.1) is 60.0 Å². The van der Waals surface area contributed by atoms with Crippen molar-refractivity contribution >= 4 is 51.7 Å². The number of nitrogens with zero attached hydrogens (tertiary/aromatic N) is 2. The molecule has 0 saturated heterocycles. The fourth-order valence-electron chi connectivity index (χ4n) is 5.04. The maximum Gasteiger partial charge on any atom is 0.338 e. The fourth-order valence-corrected chi connectivity index (χ4v) is 6.82. The van der Waals surface area contributed by atoms with Gasteiger partial charge in [0.2, 0.25) is 0 Å². The van der Waals surface area contributed by atoms with Crippen LogP contribution in [0.2, 0.25) is 0 Å². The minimum Gasteiger partial charge on any atom is -0.493 e. The van der Waals surface area contributed by atoms with E-state index in [1.807, 2.05) is 55.5 Å². The third-order valence-corrected chi connectivity index (χ3v) is 8.72. The van der Waals surface area contributed by atoms with Gasteiger partial charge in [-0.3, -0.25) is 9.36 Å². The number of carbonyl (C=O) groups excluding carboxylic acids is 1. The minimum absolute atomic E-state index is 0.158. The molecule has 1 aliphatic heterocycles. The molecule has 11 heteroatoms. The second-order valence-corrected chi connectivity index (χ2v) is 11.7. The highest BCUT2D eigenvalue weighted by Crippen LogP contribution is 2.39. The molecule has 228 valence electrons. The van der Waals surface area contributed by atoms with Gasteiger partial charge in [0, 0.05) is 5.56 Å². The molecule has 1 atom stereocenters. The van der Waals surface area contributed by atoms with Crippen molar-refractivity contribution in [2.75, 3.05) is 34.5 Å². The highest BCUT2D eigenvalue weighted by Gasteiger charge is 2.35. The average molecular weight is 727 g/mol. The van der Waals surface area contributed by atoms with E-state index in [1.54, 1.807) is 43.9 Å². The fraction of sp³-hybridized carbons (Fsp3) is 0.242. The van der Waals surface area contributed by atoms with E-state index in [9.17, 15) is 9.59 Å². The predicted octanol–water partition coefficient (Wildman–Crippen LogP) is 4.96. The zero-order valence-electron chi connectivity index (χ0n) is 24.9. The van der Waals surface area contributed by atoms with Gasteiger partial charge in [-0.1, -0.05) is 47.7 Å². The summed E-state index contributed by atoms with van der Waals surface area (Å²) < 4.78 is 30.8. The topological polar surface area (TPSA) is 97.6 Å². The first-order chi connectivity index (χ1) is 21.3. The van der Waals surface area contributed by atoms with Crippen LogP contribution in [0.5, 0.6) is 23.0 Å². The van der Waals surface area contributed by atoms with Crippen molar-refractivity contribution in [1.82, 2.24) is 4.57 Å². The lowest BCUT2D eigenvalue weighted by Crippen LogP contribution is -2.40. The molecule has 0 saturated carbocycles. The molecule has 0 amide bonds. The lowest BCUT2D eigenvalue weighted by molar-refractivity contribution is -0.138. The van der Waals surface area contributed by atoms with Crippen LogP contribution in [-0.2, 0) is 9.53 Å². The first-order valence-electron chi connectivity index (χ1n) is 13.9. The monoisotopic (exact) mass is 726 g/mol. The van der Waals surface area contributed by atoms with E-state index >= 15 is 0 Å². The second kappa shape index (κ2) is 13.7. The second-order valence-electron chi connectivity index (χ2n) is 9.51. The van der Waals surface area contributed by atoms with Crippen molar-refractivity contribution < 1.29 is 28.5 Å². The summed E-state index contributed by atoms with van der Waals surface area (Å²) in [5, 5.41) is 0. The number of fused-ring (bicyclic) bond motifs is 1. The Morgan fingerprint density at radius 2 is 1.68 bits per heavy atom. The molecule has 44 heavy (non-hydrogen) atoms. The van der Waals surface area contributed by atoms with Gasteiger partial charge in [0.25, 0.3) is 5.56 Å². The van der Waals surface area contributed by atoms with Crippen LogP contribution in [0.15, 0.2) is 76.0 Å². The van der Waals surface area contributed by atoms with E-state index in [4.69, 9.17) is 28.7 Å². The number of hydrogen-bond acceptors (Lipinski definition) is 9. The first-order valence-corrected chi connectivity index (χ1v) is 15.7. The van der Waals surface area contributed by atoms with Crippen molar-refractivity contribution in [2.24, 2.45) is 4.99 Å². The minimum atomic E-state index is -0.850. The van der Waals surface area contributed by atoms with Gasteiger partial charge < -0.3 is 23.7 Å². The SMILES string of the molecule is CCOC(=O)C1=C(c2ccccc2)N=c2s/c(=C\c3cc(I)c(OCC)c(OC)c3)c(=O)n2[C@@H]1c1ccc(OC)c(OC)c1. The Bertz CT molecular complexity index is 1910. The smallest absolute Gasteiger partial charge is 0.338 e. The molecule has 2 heterocycles. The number of aromatic nitrogens is 1. The highest BCUT2D eigenvalue weighted by atomic mass is 127. The van der Waals surface area contributed by atoms with Crippen molar-refractivity contribution in [3.05, 3.63) is 106 Å². The Kier molecular flexibility index (Phi) is 9.74. The predicted molar refractivity (Wildman–Crippen MR) is 177 cm³/mol. The Labute approximate surface area is 272 Å². The zero-order chi connectivity index (χ0) is 31.4. The normalized spacial score (nSPS) is 14.5. The summed E-state index contributed by atoms with van der Waals surface area (Å²) in [6, 6.07) is 17.7. The molecule has 0 unspecified atom stereocenters. The zero-order valence-corrected chi connectivity index (χ0v) is 27.9. The highest BCUT2D eigenvalue weighted by molar-refractivity contribution is 14.1.